The van der Waals surface area contributed by atoms with E-state index >= 15 is 0 Å². The van der Waals surface area contributed by atoms with Gasteiger partial charge in [-0.3, -0.25) is 9.63 Å². The minimum absolute atomic E-state index is 0.105. The fourth-order valence-electron chi connectivity index (χ4n) is 3.90. The third-order valence-corrected chi connectivity index (χ3v) is 5.82. The van der Waals surface area contributed by atoms with Crippen molar-refractivity contribution in [3.05, 3.63) is 53.9 Å². The van der Waals surface area contributed by atoms with E-state index in [2.05, 4.69) is 5.32 Å². The fourth-order valence-corrected chi connectivity index (χ4v) is 3.90. The lowest BCUT2D eigenvalue weighted by Crippen LogP contribution is -2.47. The number of ether oxygens (including phenoxy) is 2. The molecule has 0 bridgehead atoms. The van der Waals surface area contributed by atoms with E-state index in [-0.39, 0.29) is 11.3 Å². The molecule has 11 heteroatoms. The summed E-state index contributed by atoms with van der Waals surface area (Å²) < 4.78 is 81.4. The van der Waals surface area contributed by atoms with E-state index in [1.807, 2.05) is 0 Å². The molecule has 1 aliphatic rings. The summed E-state index contributed by atoms with van der Waals surface area (Å²) in [6.45, 7) is 2.07. The van der Waals surface area contributed by atoms with Gasteiger partial charge in [-0.25, -0.2) is 4.39 Å². The number of aromatic nitrogens is 1. The molecule has 1 aromatic carbocycles. The standard InChI is InChI=1S/C21H21F5N2O4/c1-11-15(13-7-8-14(22)16(23)17(13)30-3)18(32-20(11,2)21(24,25)26)19(29)27-12-6-5-9-28(10-12)31-4/h5-11,15,18H,1-4H3/p+1/t11?,15-,18+,20+/m0/s1. The second-order valence-electron chi connectivity index (χ2n) is 7.57. The van der Waals surface area contributed by atoms with Crippen LogP contribution in [0.25, 0.3) is 0 Å². The molecular formula is C21H22F5N2O4+. The highest BCUT2D eigenvalue weighted by Crippen LogP contribution is 2.54. The molecule has 1 aliphatic heterocycles. The lowest BCUT2D eigenvalue weighted by molar-refractivity contribution is -0.885. The largest absolute Gasteiger partial charge is 0.493 e. The molecule has 2 heterocycles. The van der Waals surface area contributed by atoms with Crippen LogP contribution in [0.2, 0.25) is 0 Å². The Hall–Kier alpha value is -2.95. The van der Waals surface area contributed by atoms with Gasteiger partial charge in [0.25, 0.3) is 5.91 Å². The van der Waals surface area contributed by atoms with Crippen LogP contribution in [0.3, 0.4) is 0 Å². The predicted octanol–water partition coefficient (Wildman–Crippen LogP) is 3.40. The number of methoxy groups -OCH3 is 1. The summed E-state index contributed by atoms with van der Waals surface area (Å²) in [5.74, 6) is -6.69. The van der Waals surface area contributed by atoms with Gasteiger partial charge in [-0.2, -0.15) is 17.6 Å². The van der Waals surface area contributed by atoms with Crippen LogP contribution in [0.15, 0.2) is 36.7 Å². The van der Waals surface area contributed by atoms with Gasteiger partial charge in [-0.05, 0) is 19.1 Å². The Morgan fingerprint density at radius 2 is 1.91 bits per heavy atom. The number of amides is 1. The van der Waals surface area contributed by atoms with E-state index in [1.165, 1.54) is 31.0 Å². The zero-order chi connectivity index (χ0) is 23.8. The van der Waals surface area contributed by atoms with Crippen LogP contribution in [0.4, 0.5) is 27.6 Å². The molecule has 6 nitrogen and oxygen atoms in total. The van der Waals surface area contributed by atoms with Gasteiger partial charge < -0.3 is 14.8 Å². The summed E-state index contributed by atoms with van der Waals surface area (Å²) in [5, 5.41) is 2.49. The van der Waals surface area contributed by atoms with Gasteiger partial charge in [0.1, 0.15) is 18.9 Å². The zero-order valence-electron chi connectivity index (χ0n) is 17.7. The fraction of sp³-hybridized carbons (Fsp3) is 0.429. The van der Waals surface area contributed by atoms with Crippen molar-refractivity contribution in [1.29, 1.82) is 0 Å². The van der Waals surface area contributed by atoms with Crippen molar-refractivity contribution in [2.24, 2.45) is 5.92 Å². The van der Waals surface area contributed by atoms with Crippen molar-refractivity contribution in [2.75, 3.05) is 19.5 Å². The molecule has 174 valence electrons. The van der Waals surface area contributed by atoms with Crippen molar-refractivity contribution < 1.29 is 45.8 Å². The molecule has 2 aromatic rings. The van der Waals surface area contributed by atoms with Crippen molar-refractivity contribution >= 4 is 11.6 Å². The molecule has 1 aromatic heterocycles. The summed E-state index contributed by atoms with van der Waals surface area (Å²) in [4.78, 5) is 18.0. The third-order valence-electron chi connectivity index (χ3n) is 5.82. The van der Waals surface area contributed by atoms with E-state index < -0.39 is 53.0 Å². The summed E-state index contributed by atoms with van der Waals surface area (Å²) in [5.41, 5.74) is -2.60. The first kappa shape index (κ1) is 23.7. The van der Waals surface area contributed by atoms with Crippen LogP contribution in [0.5, 0.6) is 5.75 Å². The first-order valence-corrected chi connectivity index (χ1v) is 9.57. The minimum atomic E-state index is -4.84. The number of carbonyl (C=O) groups is 1. The Morgan fingerprint density at radius 1 is 1.22 bits per heavy atom. The second kappa shape index (κ2) is 8.53. The first-order valence-electron chi connectivity index (χ1n) is 9.57. The second-order valence-corrected chi connectivity index (χ2v) is 7.57. The number of nitrogens with one attached hydrogen (secondary N) is 1. The Labute approximate surface area is 180 Å². The number of hydrogen-bond donors (Lipinski definition) is 1. The highest BCUT2D eigenvalue weighted by atomic mass is 19.4. The van der Waals surface area contributed by atoms with Gasteiger partial charge in [0.05, 0.1) is 7.11 Å². The molecule has 0 radical (unpaired) electrons. The lowest BCUT2D eigenvalue weighted by Gasteiger charge is -2.32. The average Bonchev–Trinajstić information content (AvgIpc) is 3.02. The van der Waals surface area contributed by atoms with Gasteiger partial charge in [0.2, 0.25) is 18.2 Å². The number of nitrogens with zero attached hydrogens (tertiary/aromatic N) is 1. The molecule has 1 unspecified atom stereocenters. The number of benzene rings is 1. The van der Waals surface area contributed by atoms with Crippen LogP contribution in [-0.2, 0) is 9.53 Å². The van der Waals surface area contributed by atoms with Gasteiger partial charge >= 0.3 is 6.18 Å². The maximum Gasteiger partial charge on any atom is 0.417 e. The van der Waals surface area contributed by atoms with Crippen LogP contribution in [0.1, 0.15) is 25.3 Å². The molecule has 32 heavy (non-hydrogen) atoms. The number of anilines is 1. The normalized spacial score (nSPS) is 25.5. The summed E-state index contributed by atoms with van der Waals surface area (Å²) in [7, 11) is 2.45. The molecule has 0 saturated carbocycles. The van der Waals surface area contributed by atoms with E-state index in [4.69, 9.17) is 14.3 Å². The monoisotopic (exact) mass is 461 g/mol. The van der Waals surface area contributed by atoms with E-state index in [0.717, 1.165) is 26.2 Å². The summed E-state index contributed by atoms with van der Waals surface area (Å²) in [6, 6.07) is 4.93. The molecule has 4 atom stereocenters. The molecule has 1 saturated heterocycles. The highest BCUT2D eigenvalue weighted by molar-refractivity contribution is 5.95. The van der Waals surface area contributed by atoms with Crippen molar-refractivity contribution in [2.45, 2.75) is 37.6 Å². The molecule has 0 aliphatic carbocycles. The van der Waals surface area contributed by atoms with Crippen LogP contribution < -0.4 is 19.6 Å². The molecule has 1 N–H and O–H groups in total. The van der Waals surface area contributed by atoms with Crippen LogP contribution in [0, 0.1) is 17.6 Å². The lowest BCUT2D eigenvalue weighted by atomic mass is 9.77. The van der Waals surface area contributed by atoms with Crippen LogP contribution in [-0.4, -0.2) is 38.0 Å². The van der Waals surface area contributed by atoms with Gasteiger partial charge in [-0.1, -0.05) is 13.0 Å². The Balaban J connectivity index is 2.07. The van der Waals surface area contributed by atoms with Gasteiger partial charge in [0.15, 0.2) is 17.2 Å². The summed E-state index contributed by atoms with van der Waals surface area (Å²) >= 11 is 0. The smallest absolute Gasteiger partial charge is 0.417 e. The quantitative estimate of drug-likeness (QED) is 0.548. The molecule has 1 fully saturated rings. The Morgan fingerprint density at radius 3 is 2.50 bits per heavy atom. The maximum atomic E-state index is 14.3. The average molecular weight is 461 g/mol. The number of halogens is 5. The summed E-state index contributed by atoms with van der Waals surface area (Å²) in [6.07, 6.45) is -3.57. The van der Waals surface area contributed by atoms with E-state index in [9.17, 15) is 26.7 Å². The molecule has 1 amide bonds. The number of hydrogen-bond acceptors (Lipinski definition) is 4. The van der Waals surface area contributed by atoms with E-state index in [0.29, 0.717) is 0 Å². The van der Waals surface area contributed by atoms with Gasteiger partial charge in [0, 0.05) is 28.2 Å². The third kappa shape index (κ3) is 3.96. The topological polar surface area (TPSA) is 60.7 Å². The first-order chi connectivity index (χ1) is 14.9. The SMILES string of the molecule is COc1c([C@@H]2C(C)[C@](C)(C(F)(F)F)O[C@H]2C(=O)Nc2ccc[n+](OC)c2)ccc(F)c1F. The number of carbonyl (C=O) groups excluding carboxylic acids is 1. The van der Waals surface area contributed by atoms with Crippen molar-refractivity contribution in [3.8, 4) is 5.75 Å². The number of pyridine rings is 1. The van der Waals surface area contributed by atoms with Crippen LogP contribution >= 0.6 is 0 Å². The Kier molecular flexibility index (Phi) is 6.32. The molecule has 3 rings (SSSR count). The van der Waals surface area contributed by atoms with E-state index in [1.54, 1.807) is 12.3 Å². The number of rotatable bonds is 5. The van der Waals surface area contributed by atoms with Crippen molar-refractivity contribution in [1.82, 2.24) is 0 Å². The molecular weight excluding hydrogens is 439 g/mol. The van der Waals surface area contributed by atoms with Crippen molar-refractivity contribution in [3.63, 3.8) is 0 Å². The highest BCUT2D eigenvalue weighted by Gasteiger charge is 2.65. The van der Waals surface area contributed by atoms with Gasteiger partial charge in [-0.15, -0.1) is 0 Å². The predicted molar refractivity (Wildman–Crippen MR) is 102 cm³/mol. The zero-order valence-corrected chi connectivity index (χ0v) is 17.7. The molecule has 0 spiro atoms. The maximum absolute atomic E-state index is 14.3. The number of alkyl halides is 3. The Bertz CT molecular complexity index is 1020. The minimum Gasteiger partial charge on any atom is -0.493 e.